The minimum atomic E-state index is 0.0791. The molecule has 0 saturated carbocycles. The third-order valence-electron chi connectivity index (χ3n) is 10.8. The highest BCUT2D eigenvalue weighted by Crippen LogP contribution is 2.45. The van der Waals surface area contributed by atoms with Gasteiger partial charge in [0.2, 0.25) is 0 Å². The van der Waals surface area contributed by atoms with E-state index in [-0.39, 0.29) is 6.71 Å². The molecule has 9 rings (SSSR count). The first-order valence-corrected chi connectivity index (χ1v) is 18.5. The molecule has 0 aliphatic carbocycles. The highest BCUT2D eigenvalue weighted by Gasteiger charge is 2.43. The Bertz CT molecular complexity index is 2320. The van der Waals surface area contributed by atoms with Crippen molar-refractivity contribution in [3.8, 4) is 0 Å². The van der Waals surface area contributed by atoms with Crippen molar-refractivity contribution in [1.82, 2.24) is 0 Å². The average Bonchev–Trinajstić information content (AvgIpc) is 3.19. The smallest absolute Gasteiger partial charge is 0.252 e. The lowest BCUT2D eigenvalue weighted by atomic mass is 9.33. The molecule has 52 heavy (non-hydrogen) atoms. The number of para-hydroxylation sites is 3. The number of anilines is 9. The zero-order valence-corrected chi connectivity index (χ0v) is 30.2. The molecule has 2 aliphatic heterocycles. The Morgan fingerprint density at radius 2 is 0.846 bits per heavy atom. The van der Waals surface area contributed by atoms with Crippen LogP contribution in [-0.4, -0.2) is 6.71 Å². The number of hydrogen-bond donors (Lipinski definition) is 0. The Morgan fingerprint density at radius 1 is 0.404 bits per heavy atom. The largest absolute Gasteiger partial charge is 0.311 e. The van der Waals surface area contributed by atoms with Crippen LogP contribution in [0.3, 0.4) is 0 Å². The summed E-state index contributed by atoms with van der Waals surface area (Å²) in [7, 11) is 0. The molecular weight excluding hydrogens is 629 g/mol. The molecule has 2 heterocycles. The van der Waals surface area contributed by atoms with Gasteiger partial charge in [-0.3, -0.25) is 0 Å². The summed E-state index contributed by atoms with van der Waals surface area (Å²) in [6, 6.07) is 62.7. The molecule has 0 fully saturated rings. The van der Waals surface area contributed by atoms with E-state index in [0.29, 0.717) is 11.8 Å². The minimum absolute atomic E-state index is 0.0791. The molecule has 0 spiro atoms. The lowest BCUT2D eigenvalue weighted by Gasteiger charge is -2.44. The Kier molecular flexibility index (Phi) is 7.96. The summed E-state index contributed by atoms with van der Waals surface area (Å²) >= 11 is 0. The van der Waals surface area contributed by atoms with Crippen molar-refractivity contribution in [2.24, 2.45) is 0 Å². The van der Waals surface area contributed by atoms with Crippen molar-refractivity contribution in [3.63, 3.8) is 0 Å². The van der Waals surface area contributed by atoms with Gasteiger partial charge in [0.05, 0.1) is 0 Å². The number of fused-ring (bicyclic) bond motifs is 4. The van der Waals surface area contributed by atoms with Gasteiger partial charge < -0.3 is 14.7 Å². The maximum atomic E-state index is 2.48. The van der Waals surface area contributed by atoms with Crippen LogP contribution in [0.25, 0.3) is 0 Å². The van der Waals surface area contributed by atoms with Gasteiger partial charge in [-0.25, -0.2) is 0 Å². The fourth-order valence-electron chi connectivity index (χ4n) is 8.18. The topological polar surface area (TPSA) is 9.72 Å². The van der Waals surface area contributed by atoms with Gasteiger partial charge in [-0.2, -0.15) is 0 Å². The maximum Gasteiger partial charge on any atom is 0.252 e. The van der Waals surface area contributed by atoms with Crippen LogP contribution in [0.2, 0.25) is 0 Å². The zero-order valence-electron chi connectivity index (χ0n) is 30.2. The van der Waals surface area contributed by atoms with Crippen LogP contribution in [-0.2, 0) is 0 Å². The monoisotopic (exact) mass is 671 g/mol. The lowest BCUT2D eigenvalue weighted by molar-refractivity contribution is 0.866. The molecule has 0 radical (unpaired) electrons. The van der Waals surface area contributed by atoms with Crippen LogP contribution in [0.1, 0.15) is 50.7 Å². The van der Waals surface area contributed by atoms with E-state index in [4.69, 9.17) is 0 Å². The van der Waals surface area contributed by atoms with E-state index in [1.807, 2.05) is 0 Å². The van der Waals surface area contributed by atoms with Crippen LogP contribution < -0.4 is 31.1 Å². The molecule has 2 aliphatic rings. The first kappa shape index (κ1) is 31.9. The molecule has 0 atom stereocenters. The molecule has 0 amide bonds. The molecule has 0 bridgehead atoms. The minimum Gasteiger partial charge on any atom is -0.311 e. The first-order chi connectivity index (χ1) is 25.5. The Balaban J connectivity index is 1.28. The normalized spacial score (nSPS) is 12.8. The first-order valence-electron chi connectivity index (χ1n) is 18.5. The second-order valence-electron chi connectivity index (χ2n) is 14.6. The van der Waals surface area contributed by atoms with Gasteiger partial charge in [0.15, 0.2) is 0 Å². The van der Waals surface area contributed by atoms with Crippen LogP contribution in [0.4, 0.5) is 51.2 Å². The quantitative estimate of drug-likeness (QED) is 0.156. The highest BCUT2D eigenvalue weighted by molar-refractivity contribution is 7.00. The molecule has 252 valence electrons. The van der Waals surface area contributed by atoms with E-state index in [9.17, 15) is 0 Å². The highest BCUT2D eigenvalue weighted by atomic mass is 15.2. The predicted octanol–water partition coefficient (Wildman–Crippen LogP) is 11.5. The van der Waals surface area contributed by atoms with Gasteiger partial charge in [-0.05, 0) is 118 Å². The average molecular weight is 672 g/mol. The Morgan fingerprint density at radius 3 is 1.38 bits per heavy atom. The maximum absolute atomic E-state index is 2.48. The summed E-state index contributed by atoms with van der Waals surface area (Å²) < 4.78 is 0. The van der Waals surface area contributed by atoms with Gasteiger partial charge >= 0.3 is 0 Å². The second kappa shape index (κ2) is 13.0. The molecular formula is C48H42BN3. The molecule has 0 saturated heterocycles. The molecule has 7 aromatic rings. The standard InChI is InChI=1S/C48H42BN3/c1-33(2)35-22-26-39(27-23-35)50(40-28-24-36(25-29-40)34(3)4)41-30-31-43-47(32-41)52(38-16-9-6-10-17-38)46-21-13-20-45-48(46)49(43)42-18-11-12-19-44(42)51(45)37-14-7-5-8-15-37/h5-34H,1-4H3. The molecule has 0 unspecified atom stereocenters. The Hall–Kier alpha value is -6.00. The summed E-state index contributed by atoms with van der Waals surface area (Å²) in [4.78, 5) is 7.33. The van der Waals surface area contributed by atoms with Crippen molar-refractivity contribution >= 4 is 74.3 Å². The summed E-state index contributed by atoms with van der Waals surface area (Å²) in [5, 5.41) is 0. The Labute approximate surface area is 308 Å². The number of rotatable bonds is 7. The van der Waals surface area contributed by atoms with E-state index >= 15 is 0 Å². The van der Waals surface area contributed by atoms with Crippen molar-refractivity contribution in [1.29, 1.82) is 0 Å². The lowest BCUT2D eigenvalue weighted by Crippen LogP contribution is -2.61. The van der Waals surface area contributed by atoms with Gasteiger partial charge in [0, 0.05) is 51.2 Å². The summed E-state index contributed by atoms with van der Waals surface area (Å²) in [5.74, 6) is 0.939. The fourth-order valence-corrected chi connectivity index (χ4v) is 8.18. The van der Waals surface area contributed by atoms with Crippen LogP contribution >= 0.6 is 0 Å². The van der Waals surface area contributed by atoms with E-state index in [2.05, 4.69) is 212 Å². The van der Waals surface area contributed by atoms with E-state index in [1.165, 1.54) is 50.3 Å². The van der Waals surface area contributed by atoms with E-state index in [0.717, 1.165) is 28.4 Å². The number of nitrogens with zero attached hydrogens (tertiary/aromatic N) is 3. The van der Waals surface area contributed by atoms with Crippen LogP contribution in [0, 0.1) is 0 Å². The van der Waals surface area contributed by atoms with Gasteiger partial charge in [0.25, 0.3) is 6.71 Å². The molecule has 3 nitrogen and oxygen atoms in total. The number of hydrogen-bond acceptors (Lipinski definition) is 3. The third-order valence-corrected chi connectivity index (χ3v) is 10.8. The predicted molar refractivity (Wildman–Crippen MR) is 223 cm³/mol. The molecule has 7 aromatic carbocycles. The van der Waals surface area contributed by atoms with Crippen molar-refractivity contribution in [3.05, 3.63) is 181 Å². The van der Waals surface area contributed by atoms with Gasteiger partial charge in [-0.1, -0.05) is 119 Å². The van der Waals surface area contributed by atoms with Crippen LogP contribution in [0.15, 0.2) is 170 Å². The summed E-state index contributed by atoms with van der Waals surface area (Å²) in [5.41, 5.74) is 17.2. The zero-order chi connectivity index (χ0) is 35.3. The second-order valence-corrected chi connectivity index (χ2v) is 14.6. The van der Waals surface area contributed by atoms with Crippen molar-refractivity contribution < 1.29 is 0 Å². The SMILES string of the molecule is CC(C)c1ccc(N(c2ccc(C(C)C)cc2)c2ccc3c(c2)N(c2ccccc2)c2cccc4c2B3c2ccccc2N4c2ccccc2)cc1. The molecule has 0 aromatic heterocycles. The fraction of sp³-hybridized carbons (Fsp3) is 0.125. The van der Waals surface area contributed by atoms with Gasteiger partial charge in [0.1, 0.15) is 0 Å². The molecule has 0 N–H and O–H groups in total. The van der Waals surface area contributed by atoms with E-state index in [1.54, 1.807) is 0 Å². The van der Waals surface area contributed by atoms with E-state index < -0.39 is 0 Å². The summed E-state index contributed by atoms with van der Waals surface area (Å²) in [6.07, 6.45) is 0. The van der Waals surface area contributed by atoms with Crippen LogP contribution in [0.5, 0.6) is 0 Å². The third kappa shape index (κ3) is 5.29. The van der Waals surface area contributed by atoms with Gasteiger partial charge in [-0.15, -0.1) is 0 Å². The number of benzene rings is 7. The van der Waals surface area contributed by atoms with Crippen molar-refractivity contribution in [2.75, 3.05) is 14.7 Å². The van der Waals surface area contributed by atoms with Crippen molar-refractivity contribution in [2.45, 2.75) is 39.5 Å². The summed E-state index contributed by atoms with van der Waals surface area (Å²) in [6.45, 7) is 9.10. The molecule has 4 heteroatoms.